The summed E-state index contributed by atoms with van der Waals surface area (Å²) in [4.78, 5) is 52.5. The molecule has 2 aromatic carbocycles. The van der Waals surface area contributed by atoms with Crippen molar-refractivity contribution in [3.63, 3.8) is 0 Å². The molecule has 1 aliphatic rings. The molecule has 7 nitrogen and oxygen atoms in total. The van der Waals surface area contributed by atoms with Crippen molar-refractivity contribution < 1.29 is 19.2 Å². The number of aryl methyl sites for hydroxylation is 1. The molecular weight excluding hydrogens is 358 g/mol. The van der Waals surface area contributed by atoms with E-state index in [2.05, 4.69) is 0 Å². The molecule has 1 fully saturated rings. The molecule has 7 heteroatoms. The Bertz CT molecular complexity index is 926. The van der Waals surface area contributed by atoms with Crippen LogP contribution in [0.5, 0.6) is 0 Å². The molecule has 0 atom stereocenters. The predicted octanol–water partition coefficient (Wildman–Crippen LogP) is 1.94. The van der Waals surface area contributed by atoms with Gasteiger partial charge in [0.2, 0.25) is 5.91 Å². The molecule has 0 N–H and O–H groups in total. The number of nitrogens with zero attached hydrogens (tertiary/aromatic N) is 3. The third-order valence-electron chi connectivity index (χ3n) is 4.71. The molecule has 144 valence electrons. The van der Waals surface area contributed by atoms with E-state index in [1.165, 1.54) is 4.90 Å². The van der Waals surface area contributed by atoms with Gasteiger partial charge in [-0.25, -0.2) is 9.69 Å². The quantitative estimate of drug-likeness (QED) is 0.568. The molecule has 0 radical (unpaired) electrons. The third-order valence-corrected chi connectivity index (χ3v) is 4.71. The normalized spacial score (nSPS) is 14.0. The smallest absolute Gasteiger partial charge is 0.335 e. The summed E-state index contributed by atoms with van der Waals surface area (Å²) in [5.74, 6) is -2.30. The molecule has 2 aromatic rings. The average molecular weight is 379 g/mol. The molecule has 1 saturated heterocycles. The van der Waals surface area contributed by atoms with Gasteiger partial charge in [0.15, 0.2) is 0 Å². The first-order valence-corrected chi connectivity index (χ1v) is 8.88. The van der Waals surface area contributed by atoms with Crippen molar-refractivity contribution in [2.75, 3.05) is 13.6 Å². The van der Waals surface area contributed by atoms with Gasteiger partial charge in [-0.15, -0.1) is 0 Å². The van der Waals surface area contributed by atoms with Crippen LogP contribution >= 0.6 is 0 Å². The van der Waals surface area contributed by atoms with E-state index in [1.54, 1.807) is 31.3 Å². The van der Waals surface area contributed by atoms with E-state index in [-0.39, 0.29) is 6.54 Å². The van der Waals surface area contributed by atoms with Crippen LogP contribution in [0.25, 0.3) is 0 Å². The summed E-state index contributed by atoms with van der Waals surface area (Å²) < 4.78 is 0. The molecule has 1 aliphatic heterocycles. The second-order valence-electron chi connectivity index (χ2n) is 6.73. The second-order valence-corrected chi connectivity index (χ2v) is 6.73. The van der Waals surface area contributed by atoms with Crippen molar-refractivity contribution in [3.05, 3.63) is 71.3 Å². The minimum Gasteiger partial charge on any atom is -0.340 e. The van der Waals surface area contributed by atoms with Crippen molar-refractivity contribution in [1.82, 2.24) is 14.7 Å². The van der Waals surface area contributed by atoms with Gasteiger partial charge in [-0.3, -0.25) is 19.3 Å². The summed E-state index contributed by atoms with van der Waals surface area (Å²) in [6, 6.07) is 15.8. The van der Waals surface area contributed by atoms with Crippen LogP contribution in [0.2, 0.25) is 0 Å². The number of benzene rings is 2. The van der Waals surface area contributed by atoms with Crippen LogP contribution in [0.1, 0.15) is 16.7 Å². The maximum Gasteiger partial charge on any atom is 0.335 e. The van der Waals surface area contributed by atoms with Crippen LogP contribution < -0.4 is 0 Å². The standard InChI is InChI=1S/C21H21N3O4/c1-15-8-6-7-11-17(15)13-22(2)18(25)14-24-20(27)19(26)23(21(24)28)12-16-9-4-3-5-10-16/h3-11H,12-14H2,1-2H3. The zero-order valence-electron chi connectivity index (χ0n) is 15.8. The number of hydrogen-bond acceptors (Lipinski definition) is 4. The summed E-state index contributed by atoms with van der Waals surface area (Å²) in [5, 5.41) is 0. The van der Waals surface area contributed by atoms with Crippen LogP contribution in [0.4, 0.5) is 4.79 Å². The van der Waals surface area contributed by atoms with Crippen LogP contribution in [-0.4, -0.2) is 52.0 Å². The molecular formula is C21H21N3O4. The summed E-state index contributed by atoms with van der Waals surface area (Å²) in [6.45, 7) is 1.83. The van der Waals surface area contributed by atoms with E-state index in [9.17, 15) is 19.2 Å². The van der Waals surface area contributed by atoms with Gasteiger partial charge < -0.3 is 4.90 Å². The fraction of sp³-hybridized carbons (Fsp3) is 0.238. The van der Waals surface area contributed by atoms with Gasteiger partial charge in [-0.05, 0) is 23.6 Å². The number of hydrogen-bond donors (Lipinski definition) is 0. The molecule has 3 rings (SSSR count). The second kappa shape index (κ2) is 8.04. The first kappa shape index (κ1) is 19.3. The zero-order chi connectivity index (χ0) is 20.3. The maximum absolute atomic E-state index is 12.5. The molecule has 0 unspecified atom stereocenters. The summed E-state index contributed by atoms with van der Waals surface area (Å²) in [6.07, 6.45) is 0. The largest absolute Gasteiger partial charge is 0.340 e. The Kier molecular flexibility index (Phi) is 5.54. The lowest BCUT2D eigenvalue weighted by Crippen LogP contribution is -2.42. The lowest BCUT2D eigenvalue weighted by molar-refractivity contribution is -0.145. The van der Waals surface area contributed by atoms with Gasteiger partial charge in [-0.1, -0.05) is 54.6 Å². The molecule has 0 bridgehead atoms. The van der Waals surface area contributed by atoms with E-state index in [0.717, 1.165) is 21.6 Å². The molecule has 0 saturated carbocycles. The van der Waals surface area contributed by atoms with Crippen LogP contribution in [-0.2, 0) is 27.5 Å². The number of amides is 5. The summed E-state index contributed by atoms with van der Waals surface area (Å²) in [7, 11) is 1.60. The Hall–Kier alpha value is -3.48. The highest BCUT2D eigenvalue weighted by Crippen LogP contribution is 2.17. The van der Waals surface area contributed by atoms with Gasteiger partial charge in [0, 0.05) is 13.6 Å². The van der Waals surface area contributed by atoms with E-state index >= 15 is 0 Å². The van der Waals surface area contributed by atoms with Crippen molar-refractivity contribution in [3.8, 4) is 0 Å². The predicted molar refractivity (Wildman–Crippen MR) is 102 cm³/mol. The molecule has 0 aliphatic carbocycles. The minimum atomic E-state index is -0.974. The summed E-state index contributed by atoms with van der Waals surface area (Å²) >= 11 is 0. The Balaban J connectivity index is 1.67. The van der Waals surface area contributed by atoms with Crippen LogP contribution in [0.15, 0.2) is 54.6 Å². The topological polar surface area (TPSA) is 78.0 Å². The number of likely N-dealkylation sites (N-methyl/N-ethyl adjacent to an activating group) is 1. The number of carbonyl (C=O) groups is 4. The Labute approximate surface area is 163 Å². The van der Waals surface area contributed by atoms with E-state index in [4.69, 9.17) is 0 Å². The first-order chi connectivity index (χ1) is 13.4. The van der Waals surface area contributed by atoms with E-state index < -0.39 is 30.3 Å². The highest BCUT2D eigenvalue weighted by Gasteiger charge is 2.45. The fourth-order valence-corrected chi connectivity index (χ4v) is 2.98. The molecule has 5 amide bonds. The number of imide groups is 2. The van der Waals surface area contributed by atoms with Crippen molar-refractivity contribution in [2.45, 2.75) is 20.0 Å². The van der Waals surface area contributed by atoms with Gasteiger partial charge >= 0.3 is 17.8 Å². The lowest BCUT2D eigenvalue weighted by Gasteiger charge is -2.21. The van der Waals surface area contributed by atoms with Crippen LogP contribution in [0, 0.1) is 6.92 Å². The SMILES string of the molecule is Cc1ccccc1CN(C)C(=O)CN1C(=O)C(=O)N(Cc2ccccc2)C1=O. The zero-order valence-corrected chi connectivity index (χ0v) is 15.8. The van der Waals surface area contributed by atoms with Gasteiger partial charge in [0.1, 0.15) is 6.54 Å². The van der Waals surface area contributed by atoms with Crippen molar-refractivity contribution >= 4 is 23.8 Å². The highest BCUT2D eigenvalue weighted by molar-refractivity contribution is 6.44. The maximum atomic E-state index is 12.5. The van der Waals surface area contributed by atoms with Gasteiger partial charge in [0.25, 0.3) is 0 Å². The molecule has 1 heterocycles. The van der Waals surface area contributed by atoms with Gasteiger partial charge in [-0.2, -0.15) is 0 Å². The number of carbonyl (C=O) groups excluding carboxylic acids is 4. The Morgan fingerprint density at radius 1 is 0.893 bits per heavy atom. The van der Waals surface area contributed by atoms with Gasteiger partial charge in [0.05, 0.1) is 6.54 Å². The average Bonchev–Trinajstić information content (AvgIpc) is 2.88. The van der Waals surface area contributed by atoms with Crippen LogP contribution in [0.3, 0.4) is 0 Å². The minimum absolute atomic E-state index is 0.00597. The van der Waals surface area contributed by atoms with Crippen molar-refractivity contribution in [1.29, 1.82) is 0 Å². The highest BCUT2D eigenvalue weighted by atomic mass is 16.2. The fourth-order valence-electron chi connectivity index (χ4n) is 2.98. The molecule has 0 aromatic heterocycles. The molecule has 28 heavy (non-hydrogen) atoms. The lowest BCUT2D eigenvalue weighted by atomic mass is 10.1. The number of urea groups is 1. The third kappa shape index (κ3) is 3.93. The monoisotopic (exact) mass is 379 g/mol. The Morgan fingerprint density at radius 3 is 2.18 bits per heavy atom. The Morgan fingerprint density at radius 2 is 1.50 bits per heavy atom. The van der Waals surface area contributed by atoms with Crippen molar-refractivity contribution in [2.24, 2.45) is 0 Å². The first-order valence-electron chi connectivity index (χ1n) is 8.88. The number of rotatable bonds is 6. The molecule has 0 spiro atoms. The van der Waals surface area contributed by atoms with E-state index in [1.807, 2.05) is 37.3 Å². The summed E-state index contributed by atoms with van der Waals surface area (Å²) in [5.41, 5.74) is 2.74. The van der Waals surface area contributed by atoms with E-state index in [0.29, 0.717) is 11.4 Å².